The number of nitrogens with one attached hydrogen (secondary N) is 1. The van der Waals surface area contributed by atoms with Gasteiger partial charge in [0.1, 0.15) is 0 Å². The summed E-state index contributed by atoms with van der Waals surface area (Å²) in [5.41, 5.74) is 1.83. The highest BCUT2D eigenvalue weighted by Gasteiger charge is 2.28. The number of alkyl halides is 3. The summed E-state index contributed by atoms with van der Waals surface area (Å²) in [4.78, 5) is 15.2. The van der Waals surface area contributed by atoms with Crippen molar-refractivity contribution in [1.82, 2.24) is 5.48 Å². The topological polar surface area (TPSA) is 38.3 Å². The van der Waals surface area contributed by atoms with Crippen LogP contribution in [0.3, 0.4) is 0 Å². The van der Waals surface area contributed by atoms with E-state index in [0.29, 0.717) is 5.02 Å². The van der Waals surface area contributed by atoms with Crippen LogP contribution in [0.25, 0.3) is 0 Å². The van der Waals surface area contributed by atoms with Gasteiger partial charge in [-0.2, -0.15) is 13.2 Å². The summed E-state index contributed by atoms with van der Waals surface area (Å²) in [7, 11) is 0. The molecule has 0 aliphatic rings. The van der Waals surface area contributed by atoms with Crippen LogP contribution in [0.15, 0.2) is 24.3 Å². The number of carbonyl (C=O) groups is 1. The molecule has 0 unspecified atom stereocenters. The number of hydrogen-bond donors (Lipinski definition) is 1. The van der Waals surface area contributed by atoms with Crippen LogP contribution in [-0.4, -0.2) is 18.7 Å². The lowest BCUT2D eigenvalue weighted by molar-refractivity contribution is -0.184. The summed E-state index contributed by atoms with van der Waals surface area (Å²) in [6.07, 6.45) is -4.48. The molecule has 0 fully saturated rings. The van der Waals surface area contributed by atoms with Crippen LogP contribution in [0.2, 0.25) is 5.02 Å². The summed E-state index contributed by atoms with van der Waals surface area (Å²) in [6, 6.07) is 5.63. The summed E-state index contributed by atoms with van der Waals surface area (Å²) in [6.45, 7) is -1.54. The number of amides is 1. The van der Waals surface area contributed by atoms with Gasteiger partial charge in [0.05, 0.1) is 0 Å². The maximum atomic E-state index is 11.7. The Morgan fingerprint density at radius 3 is 2.38 bits per heavy atom. The summed E-state index contributed by atoms with van der Waals surface area (Å²) >= 11 is 5.57. The van der Waals surface area contributed by atoms with Gasteiger partial charge in [0, 0.05) is 10.6 Å². The second-order valence-electron chi connectivity index (χ2n) is 2.84. The first-order valence-corrected chi connectivity index (χ1v) is 4.51. The number of hydroxylamine groups is 1. The Hall–Kier alpha value is -1.27. The standard InChI is InChI=1S/C9H7ClF3NO2/c10-7-3-1-6(2-4-7)8(15)14-16-5-9(11,12)13/h1-4H,5H2,(H,14,15). The van der Waals surface area contributed by atoms with Gasteiger partial charge < -0.3 is 0 Å². The number of hydrogen-bond acceptors (Lipinski definition) is 2. The Morgan fingerprint density at radius 1 is 1.31 bits per heavy atom. The first kappa shape index (κ1) is 12.8. The van der Waals surface area contributed by atoms with Crippen molar-refractivity contribution in [3.05, 3.63) is 34.9 Å². The third kappa shape index (κ3) is 4.50. The van der Waals surface area contributed by atoms with Crippen LogP contribution in [0.4, 0.5) is 13.2 Å². The normalized spacial score (nSPS) is 11.2. The van der Waals surface area contributed by atoms with Gasteiger partial charge in [-0.25, -0.2) is 5.48 Å². The zero-order valence-electron chi connectivity index (χ0n) is 7.84. The molecule has 0 spiro atoms. The van der Waals surface area contributed by atoms with Crippen LogP contribution < -0.4 is 5.48 Å². The largest absolute Gasteiger partial charge is 0.414 e. The molecule has 1 rings (SSSR count). The average molecular weight is 254 g/mol. The maximum absolute atomic E-state index is 11.7. The first-order valence-electron chi connectivity index (χ1n) is 4.13. The van der Waals surface area contributed by atoms with Crippen LogP contribution in [-0.2, 0) is 4.84 Å². The Bertz CT molecular complexity index is 364. The van der Waals surface area contributed by atoms with Gasteiger partial charge >= 0.3 is 6.18 Å². The lowest BCUT2D eigenvalue weighted by atomic mass is 10.2. The van der Waals surface area contributed by atoms with Gasteiger partial charge in [0.15, 0.2) is 6.61 Å². The number of benzene rings is 1. The predicted molar refractivity (Wildman–Crippen MR) is 50.9 cm³/mol. The molecule has 1 aromatic carbocycles. The molecule has 0 heterocycles. The minimum atomic E-state index is -4.48. The van der Waals surface area contributed by atoms with E-state index in [0.717, 1.165) is 0 Å². The van der Waals surface area contributed by atoms with E-state index in [-0.39, 0.29) is 5.56 Å². The second-order valence-corrected chi connectivity index (χ2v) is 3.28. The molecule has 7 heteroatoms. The van der Waals surface area contributed by atoms with Crippen molar-refractivity contribution < 1.29 is 22.8 Å². The molecule has 1 N–H and O–H groups in total. The predicted octanol–water partition coefficient (Wildman–Crippen LogP) is 2.56. The number of carbonyl (C=O) groups excluding carboxylic acids is 1. The molecule has 3 nitrogen and oxygen atoms in total. The highest BCUT2D eigenvalue weighted by molar-refractivity contribution is 6.30. The van der Waals surface area contributed by atoms with Crippen molar-refractivity contribution in [2.75, 3.05) is 6.61 Å². The van der Waals surface area contributed by atoms with E-state index in [1.165, 1.54) is 24.3 Å². The highest BCUT2D eigenvalue weighted by atomic mass is 35.5. The Kier molecular flexibility index (Phi) is 4.14. The van der Waals surface area contributed by atoms with E-state index in [9.17, 15) is 18.0 Å². The van der Waals surface area contributed by atoms with Crippen LogP contribution in [0, 0.1) is 0 Å². The molecule has 0 radical (unpaired) electrons. The van der Waals surface area contributed by atoms with Crippen molar-refractivity contribution in [2.24, 2.45) is 0 Å². The van der Waals surface area contributed by atoms with E-state index in [1.54, 1.807) is 5.48 Å². The van der Waals surface area contributed by atoms with Gasteiger partial charge in [0.25, 0.3) is 5.91 Å². The van der Waals surface area contributed by atoms with E-state index < -0.39 is 18.7 Å². The van der Waals surface area contributed by atoms with Gasteiger partial charge in [-0.3, -0.25) is 9.63 Å². The summed E-state index contributed by atoms with van der Waals surface area (Å²) in [5, 5.41) is 0.424. The SMILES string of the molecule is O=C(NOCC(F)(F)F)c1ccc(Cl)cc1. The van der Waals surface area contributed by atoms with Crippen LogP contribution in [0.1, 0.15) is 10.4 Å². The molecule has 0 bridgehead atoms. The fourth-order valence-electron chi connectivity index (χ4n) is 0.844. The Morgan fingerprint density at radius 2 is 1.88 bits per heavy atom. The second kappa shape index (κ2) is 5.18. The zero-order chi connectivity index (χ0) is 12.2. The molecule has 0 aromatic heterocycles. The zero-order valence-corrected chi connectivity index (χ0v) is 8.60. The minimum absolute atomic E-state index is 0.159. The van der Waals surface area contributed by atoms with Crippen molar-refractivity contribution in [3.63, 3.8) is 0 Å². The number of halogens is 4. The smallest absolute Gasteiger partial charge is 0.267 e. The maximum Gasteiger partial charge on any atom is 0.414 e. The van der Waals surface area contributed by atoms with Gasteiger partial charge in [-0.15, -0.1) is 0 Å². The van der Waals surface area contributed by atoms with Gasteiger partial charge in [0.2, 0.25) is 0 Å². The van der Waals surface area contributed by atoms with E-state index >= 15 is 0 Å². The fraction of sp³-hybridized carbons (Fsp3) is 0.222. The molecule has 16 heavy (non-hydrogen) atoms. The lowest BCUT2D eigenvalue weighted by Gasteiger charge is -2.08. The van der Waals surface area contributed by atoms with Crippen molar-refractivity contribution >= 4 is 17.5 Å². The molecule has 0 saturated heterocycles. The van der Waals surface area contributed by atoms with Gasteiger partial charge in [-0.1, -0.05) is 11.6 Å². The van der Waals surface area contributed by atoms with Gasteiger partial charge in [-0.05, 0) is 24.3 Å². The lowest BCUT2D eigenvalue weighted by Crippen LogP contribution is -2.29. The van der Waals surface area contributed by atoms with E-state index in [4.69, 9.17) is 11.6 Å². The summed E-state index contributed by atoms with van der Waals surface area (Å²) < 4.78 is 35.0. The van der Waals surface area contributed by atoms with Crippen LogP contribution >= 0.6 is 11.6 Å². The van der Waals surface area contributed by atoms with Crippen LogP contribution in [0.5, 0.6) is 0 Å². The van der Waals surface area contributed by atoms with E-state index in [2.05, 4.69) is 4.84 Å². The molecule has 0 saturated carbocycles. The molecular weight excluding hydrogens is 247 g/mol. The Balaban J connectivity index is 2.44. The first-order chi connectivity index (χ1) is 7.38. The minimum Gasteiger partial charge on any atom is -0.267 e. The molecule has 0 aliphatic carbocycles. The highest BCUT2D eigenvalue weighted by Crippen LogP contribution is 2.14. The molecule has 0 atom stereocenters. The number of rotatable bonds is 3. The molecular formula is C9H7ClF3NO2. The summed E-state index contributed by atoms with van der Waals surface area (Å²) in [5.74, 6) is -0.763. The molecule has 0 aliphatic heterocycles. The fourth-order valence-corrected chi connectivity index (χ4v) is 0.970. The molecule has 88 valence electrons. The van der Waals surface area contributed by atoms with Crippen molar-refractivity contribution in [2.45, 2.75) is 6.18 Å². The third-order valence-corrected chi connectivity index (χ3v) is 1.76. The van der Waals surface area contributed by atoms with Crippen molar-refractivity contribution in [1.29, 1.82) is 0 Å². The molecule has 1 aromatic rings. The quantitative estimate of drug-likeness (QED) is 0.841. The third-order valence-electron chi connectivity index (χ3n) is 1.51. The molecule has 1 amide bonds. The van der Waals surface area contributed by atoms with Crippen molar-refractivity contribution in [3.8, 4) is 0 Å². The Labute approximate surface area is 94.1 Å². The monoisotopic (exact) mass is 253 g/mol. The average Bonchev–Trinajstić information content (AvgIpc) is 2.16. The van der Waals surface area contributed by atoms with E-state index in [1.807, 2.05) is 0 Å².